The van der Waals surface area contributed by atoms with Crippen molar-refractivity contribution in [1.82, 2.24) is 26.0 Å². The molecule has 1 aliphatic rings. The van der Waals surface area contributed by atoms with Crippen molar-refractivity contribution in [2.24, 2.45) is 0 Å². The predicted molar refractivity (Wildman–Crippen MR) is 105 cm³/mol. The van der Waals surface area contributed by atoms with E-state index < -0.39 is 0 Å². The Balaban J connectivity index is 1.57. The molecule has 0 saturated carbocycles. The van der Waals surface area contributed by atoms with E-state index in [4.69, 9.17) is 4.74 Å². The summed E-state index contributed by atoms with van der Waals surface area (Å²) >= 11 is 0. The average Bonchev–Trinajstić information content (AvgIpc) is 3.06. The number of hydrogen-bond acceptors (Lipinski definition) is 6. The Morgan fingerprint density at radius 1 is 1.07 bits per heavy atom. The molecule has 0 bridgehead atoms. The Kier molecular flexibility index (Phi) is 4.88. The number of anilines is 1. The number of amides is 2. The van der Waals surface area contributed by atoms with Crippen LogP contribution in [0.3, 0.4) is 0 Å². The molecule has 3 aromatic rings. The highest BCUT2D eigenvalue weighted by Crippen LogP contribution is 2.26. The van der Waals surface area contributed by atoms with Gasteiger partial charge in [0.15, 0.2) is 0 Å². The summed E-state index contributed by atoms with van der Waals surface area (Å²) in [6.45, 7) is 2.26. The molecule has 0 radical (unpaired) electrons. The van der Waals surface area contributed by atoms with Gasteiger partial charge in [0, 0.05) is 36.6 Å². The molecule has 3 heterocycles. The number of ether oxygens (including phenoxy) is 1. The summed E-state index contributed by atoms with van der Waals surface area (Å²) in [5.41, 5.74) is 9.97. The van der Waals surface area contributed by atoms with Crippen molar-refractivity contribution in [3.05, 3.63) is 72.1 Å². The van der Waals surface area contributed by atoms with Gasteiger partial charge in [-0.2, -0.15) is 0 Å². The molecule has 28 heavy (non-hydrogen) atoms. The lowest BCUT2D eigenvalue weighted by Gasteiger charge is -2.19. The Morgan fingerprint density at radius 3 is 2.68 bits per heavy atom. The first kappa shape index (κ1) is 17.9. The largest absolute Gasteiger partial charge is 0.473 e. The van der Waals surface area contributed by atoms with Crippen LogP contribution in [0.4, 0.5) is 10.5 Å². The second-order valence-corrected chi connectivity index (χ2v) is 6.36. The van der Waals surface area contributed by atoms with E-state index in [9.17, 15) is 4.79 Å². The van der Waals surface area contributed by atoms with Crippen molar-refractivity contribution in [3.63, 3.8) is 0 Å². The van der Waals surface area contributed by atoms with Crippen LogP contribution in [0.1, 0.15) is 11.1 Å². The highest BCUT2D eigenvalue weighted by atomic mass is 16.5. The van der Waals surface area contributed by atoms with Crippen molar-refractivity contribution in [2.75, 3.05) is 12.1 Å². The fourth-order valence-corrected chi connectivity index (χ4v) is 2.93. The minimum atomic E-state index is -0.205. The van der Waals surface area contributed by atoms with Crippen molar-refractivity contribution in [1.29, 1.82) is 0 Å². The van der Waals surface area contributed by atoms with Gasteiger partial charge in [0.05, 0.1) is 11.4 Å². The van der Waals surface area contributed by atoms with Gasteiger partial charge in [-0.05, 0) is 36.8 Å². The molecule has 8 heteroatoms. The zero-order valence-electron chi connectivity index (χ0n) is 15.6. The maximum absolute atomic E-state index is 12.3. The van der Waals surface area contributed by atoms with Gasteiger partial charge < -0.3 is 4.74 Å². The van der Waals surface area contributed by atoms with Gasteiger partial charge in [0.2, 0.25) is 5.88 Å². The summed E-state index contributed by atoms with van der Waals surface area (Å²) in [6.07, 6.45) is 3.49. The molecule has 1 aromatic carbocycles. The monoisotopic (exact) mass is 376 g/mol. The molecule has 0 atom stereocenters. The number of nitrogens with one attached hydrogen (secondary N) is 2. The van der Waals surface area contributed by atoms with Crippen LogP contribution in [0.5, 0.6) is 5.88 Å². The van der Waals surface area contributed by atoms with Crippen LogP contribution in [0, 0.1) is 6.92 Å². The quantitative estimate of drug-likeness (QED) is 0.713. The van der Waals surface area contributed by atoms with Crippen LogP contribution >= 0.6 is 0 Å². The number of hydrogen-bond donors (Lipinski definition) is 2. The predicted octanol–water partition coefficient (Wildman–Crippen LogP) is 2.83. The molecule has 1 aliphatic heterocycles. The lowest BCUT2D eigenvalue weighted by Crippen LogP contribution is -2.38. The molecule has 2 amide bonds. The number of aromatic nitrogens is 2. The SMILES string of the molecule is Cc1cccc(N2NNN(C)C2=O)c1COc1cccc(-c2cccnc2)n1. The van der Waals surface area contributed by atoms with Crippen LogP contribution in [0.2, 0.25) is 0 Å². The van der Waals surface area contributed by atoms with Crippen molar-refractivity contribution < 1.29 is 9.53 Å². The summed E-state index contributed by atoms with van der Waals surface area (Å²) in [7, 11) is 1.65. The number of aryl methyl sites for hydroxylation is 1. The maximum Gasteiger partial charge on any atom is 0.355 e. The Hall–Kier alpha value is -3.49. The third kappa shape index (κ3) is 3.51. The molecule has 1 saturated heterocycles. The Morgan fingerprint density at radius 2 is 1.93 bits per heavy atom. The molecule has 2 aromatic heterocycles. The van der Waals surface area contributed by atoms with Gasteiger partial charge in [0.1, 0.15) is 6.61 Å². The number of benzene rings is 1. The van der Waals surface area contributed by atoms with Crippen LogP contribution in [-0.2, 0) is 6.61 Å². The minimum absolute atomic E-state index is 0.205. The van der Waals surface area contributed by atoms with Gasteiger partial charge in [-0.1, -0.05) is 18.2 Å². The van der Waals surface area contributed by atoms with E-state index in [0.29, 0.717) is 5.88 Å². The van der Waals surface area contributed by atoms with Gasteiger partial charge >= 0.3 is 6.03 Å². The van der Waals surface area contributed by atoms with E-state index in [-0.39, 0.29) is 12.6 Å². The number of rotatable bonds is 5. The van der Waals surface area contributed by atoms with Crippen LogP contribution in [0.25, 0.3) is 11.3 Å². The summed E-state index contributed by atoms with van der Waals surface area (Å²) < 4.78 is 5.97. The number of carbonyl (C=O) groups excluding carboxylic acids is 1. The molecule has 8 nitrogen and oxygen atoms in total. The first-order valence-electron chi connectivity index (χ1n) is 8.81. The second kappa shape index (κ2) is 7.63. The van der Waals surface area contributed by atoms with Gasteiger partial charge in [-0.15, -0.1) is 11.1 Å². The van der Waals surface area contributed by atoms with Crippen LogP contribution < -0.4 is 20.8 Å². The maximum atomic E-state index is 12.3. The van der Waals surface area contributed by atoms with Crippen LogP contribution in [0.15, 0.2) is 60.9 Å². The first-order chi connectivity index (χ1) is 13.6. The molecular weight excluding hydrogens is 356 g/mol. The fourth-order valence-electron chi connectivity index (χ4n) is 2.93. The van der Waals surface area contributed by atoms with E-state index in [1.54, 1.807) is 19.4 Å². The molecule has 1 fully saturated rings. The highest BCUT2D eigenvalue weighted by molar-refractivity contribution is 5.92. The smallest absolute Gasteiger partial charge is 0.355 e. The number of carbonyl (C=O) groups is 1. The number of pyridine rings is 2. The van der Waals surface area contributed by atoms with E-state index in [1.807, 2.05) is 55.5 Å². The molecular formula is C20H20N6O2. The highest BCUT2D eigenvalue weighted by Gasteiger charge is 2.28. The third-order valence-corrected chi connectivity index (χ3v) is 4.48. The number of urea groups is 1. The van der Waals surface area contributed by atoms with Crippen molar-refractivity contribution in [3.8, 4) is 17.1 Å². The Labute approximate surface area is 162 Å². The van der Waals surface area contributed by atoms with Gasteiger partial charge in [0.25, 0.3) is 0 Å². The molecule has 0 spiro atoms. The third-order valence-electron chi connectivity index (χ3n) is 4.48. The molecule has 0 aliphatic carbocycles. The molecule has 4 rings (SSSR count). The number of hydrazine groups is 3. The molecule has 2 N–H and O–H groups in total. The van der Waals surface area contributed by atoms with E-state index in [2.05, 4.69) is 21.0 Å². The molecule has 0 unspecified atom stereocenters. The summed E-state index contributed by atoms with van der Waals surface area (Å²) in [4.78, 5) is 21.0. The lowest BCUT2D eigenvalue weighted by molar-refractivity contribution is 0.214. The topological polar surface area (TPSA) is 82.6 Å². The normalized spacial score (nSPS) is 13.9. The minimum Gasteiger partial charge on any atom is -0.473 e. The van der Waals surface area contributed by atoms with E-state index in [0.717, 1.165) is 28.1 Å². The zero-order valence-corrected chi connectivity index (χ0v) is 15.6. The fraction of sp³-hybridized carbons (Fsp3) is 0.150. The van der Waals surface area contributed by atoms with Gasteiger partial charge in [-0.25, -0.2) is 19.8 Å². The summed E-state index contributed by atoms with van der Waals surface area (Å²) in [6, 6.07) is 15.0. The van der Waals surface area contributed by atoms with Crippen LogP contribution in [-0.4, -0.2) is 28.1 Å². The van der Waals surface area contributed by atoms with E-state index in [1.165, 1.54) is 10.0 Å². The molecule has 142 valence electrons. The average molecular weight is 376 g/mol. The number of nitrogens with zero attached hydrogens (tertiary/aromatic N) is 4. The summed E-state index contributed by atoms with van der Waals surface area (Å²) in [5.74, 6) is 0.506. The summed E-state index contributed by atoms with van der Waals surface area (Å²) in [5, 5.41) is 2.82. The standard InChI is InChI=1S/C20H20N6O2/c1-14-6-3-9-18(26-20(27)25(2)23-24-26)16(14)13-28-19-10-4-8-17(22-19)15-7-5-11-21-12-15/h3-12,23-24H,13H2,1-2H3. The zero-order chi connectivity index (χ0) is 19.5. The first-order valence-corrected chi connectivity index (χ1v) is 8.81. The van der Waals surface area contributed by atoms with Gasteiger partial charge in [-0.3, -0.25) is 4.98 Å². The lowest BCUT2D eigenvalue weighted by atomic mass is 10.1. The van der Waals surface area contributed by atoms with Crippen molar-refractivity contribution in [2.45, 2.75) is 13.5 Å². The Bertz CT molecular complexity index is 995. The second-order valence-electron chi connectivity index (χ2n) is 6.36. The van der Waals surface area contributed by atoms with E-state index >= 15 is 0 Å². The van der Waals surface area contributed by atoms with Crippen molar-refractivity contribution >= 4 is 11.7 Å².